The maximum Gasteiger partial charge on any atom is 0.253 e. The number of benzene rings is 4. The SMILES string of the molecule is O=C(NCCCNCCNCCCNC(=O)c1cccc2nc3ccccc3nc12)c1cccc2nc3ccccc3nc12. The maximum absolute atomic E-state index is 12.8. The summed E-state index contributed by atoms with van der Waals surface area (Å²) in [5.41, 5.74) is 6.89. The normalized spacial score (nSPS) is 11.4. The largest absolute Gasteiger partial charge is 0.352 e. The van der Waals surface area contributed by atoms with Crippen LogP contribution >= 0.6 is 0 Å². The molecule has 0 spiro atoms. The first-order valence-corrected chi connectivity index (χ1v) is 15.0. The van der Waals surface area contributed by atoms with Crippen LogP contribution in [0.4, 0.5) is 0 Å². The zero-order valence-electron chi connectivity index (χ0n) is 24.3. The Morgan fingerprint density at radius 2 is 0.818 bits per heavy atom. The van der Waals surface area contributed by atoms with Gasteiger partial charge in [-0.1, -0.05) is 36.4 Å². The topological polar surface area (TPSA) is 134 Å². The molecule has 4 N–H and O–H groups in total. The molecule has 0 bridgehead atoms. The van der Waals surface area contributed by atoms with Crippen LogP contribution in [0.25, 0.3) is 44.1 Å². The van der Waals surface area contributed by atoms with Gasteiger partial charge in [0.05, 0.1) is 44.2 Å². The van der Waals surface area contributed by atoms with Crippen LogP contribution in [-0.2, 0) is 0 Å². The summed E-state index contributed by atoms with van der Waals surface area (Å²) in [6, 6.07) is 26.3. The number of nitrogens with one attached hydrogen (secondary N) is 4. The molecular weight excluding hydrogens is 552 g/mol. The Labute approximate surface area is 254 Å². The number of carbonyl (C=O) groups is 2. The van der Waals surface area contributed by atoms with E-state index in [1.54, 1.807) is 12.1 Å². The van der Waals surface area contributed by atoms with E-state index in [2.05, 4.69) is 41.2 Å². The maximum atomic E-state index is 12.8. The molecular formula is C34H34N8O2. The molecule has 2 amide bonds. The van der Waals surface area contributed by atoms with Crippen molar-refractivity contribution >= 4 is 55.9 Å². The van der Waals surface area contributed by atoms with E-state index >= 15 is 0 Å². The smallest absolute Gasteiger partial charge is 0.253 e. The molecule has 0 aliphatic carbocycles. The number of fused-ring (bicyclic) bond motifs is 4. The molecule has 10 heteroatoms. The number of nitrogens with zero attached hydrogens (tertiary/aromatic N) is 4. The van der Waals surface area contributed by atoms with Gasteiger partial charge in [-0.05, 0) is 74.5 Å². The summed E-state index contributed by atoms with van der Waals surface area (Å²) < 4.78 is 0. The molecule has 6 aromatic rings. The third kappa shape index (κ3) is 6.77. The Bertz CT molecular complexity index is 1800. The van der Waals surface area contributed by atoms with Crippen molar-refractivity contribution in [3.05, 3.63) is 96.1 Å². The fraction of sp³-hybridized carbons (Fsp3) is 0.235. The summed E-state index contributed by atoms with van der Waals surface area (Å²) >= 11 is 0. The van der Waals surface area contributed by atoms with Crippen molar-refractivity contribution in [1.29, 1.82) is 0 Å². The number of aromatic nitrogens is 4. The summed E-state index contributed by atoms with van der Waals surface area (Å²) in [6.07, 6.45) is 1.62. The lowest BCUT2D eigenvalue weighted by Gasteiger charge is -2.10. The fourth-order valence-electron chi connectivity index (χ4n) is 5.10. The lowest BCUT2D eigenvalue weighted by atomic mass is 10.1. The highest BCUT2D eigenvalue weighted by Gasteiger charge is 2.14. The van der Waals surface area contributed by atoms with Gasteiger partial charge in [-0.2, -0.15) is 0 Å². The highest BCUT2D eigenvalue weighted by molar-refractivity contribution is 6.06. The minimum atomic E-state index is -0.143. The van der Waals surface area contributed by atoms with Crippen molar-refractivity contribution in [3.8, 4) is 0 Å². The van der Waals surface area contributed by atoms with Gasteiger partial charge in [-0.25, -0.2) is 19.9 Å². The van der Waals surface area contributed by atoms with E-state index in [1.165, 1.54) is 0 Å². The molecule has 0 radical (unpaired) electrons. The van der Waals surface area contributed by atoms with Crippen molar-refractivity contribution in [1.82, 2.24) is 41.2 Å². The number of hydrogen-bond acceptors (Lipinski definition) is 8. The van der Waals surface area contributed by atoms with Gasteiger partial charge in [-0.15, -0.1) is 0 Å². The van der Waals surface area contributed by atoms with Crippen LogP contribution in [0.15, 0.2) is 84.9 Å². The molecule has 0 aliphatic heterocycles. The van der Waals surface area contributed by atoms with Crippen molar-refractivity contribution < 1.29 is 9.59 Å². The Morgan fingerprint density at radius 3 is 1.25 bits per heavy atom. The predicted molar refractivity (Wildman–Crippen MR) is 174 cm³/mol. The quantitative estimate of drug-likeness (QED) is 0.118. The van der Waals surface area contributed by atoms with Crippen LogP contribution in [0.1, 0.15) is 33.6 Å². The first-order valence-electron chi connectivity index (χ1n) is 15.0. The molecule has 0 fully saturated rings. The van der Waals surface area contributed by atoms with E-state index < -0.39 is 0 Å². The minimum absolute atomic E-state index is 0.143. The van der Waals surface area contributed by atoms with Gasteiger partial charge in [-0.3, -0.25) is 9.59 Å². The van der Waals surface area contributed by atoms with Crippen molar-refractivity contribution in [3.63, 3.8) is 0 Å². The molecule has 222 valence electrons. The highest BCUT2D eigenvalue weighted by atomic mass is 16.2. The van der Waals surface area contributed by atoms with E-state index in [1.807, 2.05) is 72.8 Å². The summed E-state index contributed by atoms with van der Waals surface area (Å²) in [5.74, 6) is -0.286. The van der Waals surface area contributed by atoms with Gasteiger partial charge in [0.25, 0.3) is 11.8 Å². The zero-order valence-corrected chi connectivity index (χ0v) is 24.3. The number of amides is 2. The summed E-state index contributed by atoms with van der Waals surface area (Å²) in [5, 5.41) is 12.8. The third-order valence-electron chi connectivity index (χ3n) is 7.34. The number of para-hydroxylation sites is 6. The monoisotopic (exact) mass is 586 g/mol. The average Bonchev–Trinajstić information content (AvgIpc) is 3.06. The first-order chi connectivity index (χ1) is 21.7. The second-order valence-corrected chi connectivity index (χ2v) is 10.5. The van der Waals surface area contributed by atoms with Crippen molar-refractivity contribution in [2.75, 3.05) is 39.3 Å². The van der Waals surface area contributed by atoms with Crippen LogP contribution in [0.5, 0.6) is 0 Å². The van der Waals surface area contributed by atoms with E-state index in [0.717, 1.165) is 61.1 Å². The van der Waals surface area contributed by atoms with Gasteiger partial charge in [0.1, 0.15) is 11.0 Å². The van der Waals surface area contributed by atoms with Crippen LogP contribution in [0, 0.1) is 0 Å². The molecule has 0 atom stereocenters. The lowest BCUT2D eigenvalue weighted by Crippen LogP contribution is -2.32. The van der Waals surface area contributed by atoms with Crippen LogP contribution in [-0.4, -0.2) is 71.0 Å². The van der Waals surface area contributed by atoms with Gasteiger partial charge in [0.2, 0.25) is 0 Å². The van der Waals surface area contributed by atoms with E-state index in [0.29, 0.717) is 46.3 Å². The molecule has 10 nitrogen and oxygen atoms in total. The Morgan fingerprint density at radius 1 is 0.432 bits per heavy atom. The van der Waals surface area contributed by atoms with E-state index in [4.69, 9.17) is 0 Å². The van der Waals surface area contributed by atoms with Crippen LogP contribution < -0.4 is 21.3 Å². The second-order valence-electron chi connectivity index (χ2n) is 10.5. The van der Waals surface area contributed by atoms with E-state index in [9.17, 15) is 9.59 Å². The molecule has 0 unspecified atom stereocenters. The second kappa shape index (κ2) is 13.9. The van der Waals surface area contributed by atoms with Crippen molar-refractivity contribution in [2.45, 2.75) is 12.8 Å². The summed E-state index contributed by atoms with van der Waals surface area (Å²) in [6.45, 7) is 4.34. The zero-order chi connectivity index (χ0) is 30.1. The standard InChI is InChI=1S/C34H34N8O2/c43-33(23-9-5-15-29-31(23)41-27-13-3-1-11-25(27)39-29)37-19-7-17-35-21-22-36-18-8-20-38-34(44)24-10-6-16-30-32(24)42-28-14-4-2-12-26(28)40-30/h1-6,9-16,35-36H,7-8,17-22H2,(H,37,43)(H,38,44). The highest BCUT2D eigenvalue weighted by Crippen LogP contribution is 2.20. The summed E-state index contributed by atoms with van der Waals surface area (Å²) in [7, 11) is 0. The van der Waals surface area contributed by atoms with Crippen molar-refractivity contribution in [2.24, 2.45) is 0 Å². The molecule has 2 heterocycles. The molecule has 6 rings (SSSR count). The molecule has 0 aliphatic rings. The lowest BCUT2D eigenvalue weighted by molar-refractivity contribution is 0.0946. The van der Waals surface area contributed by atoms with Gasteiger partial charge < -0.3 is 21.3 Å². The Kier molecular flexibility index (Phi) is 9.20. The molecule has 4 aromatic carbocycles. The number of carbonyl (C=O) groups excluding carboxylic acids is 2. The van der Waals surface area contributed by atoms with Gasteiger partial charge in [0, 0.05) is 26.2 Å². The van der Waals surface area contributed by atoms with Crippen LogP contribution in [0.3, 0.4) is 0 Å². The Balaban J connectivity index is 0.850. The number of rotatable bonds is 13. The molecule has 0 saturated carbocycles. The average molecular weight is 587 g/mol. The van der Waals surface area contributed by atoms with E-state index in [-0.39, 0.29) is 11.8 Å². The molecule has 0 saturated heterocycles. The first kappa shape index (κ1) is 29.0. The molecule has 2 aromatic heterocycles. The third-order valence-corrected chi connectivity index (χ3v) is 7.34. The van der Waals surface area contributed by atoms with Gasteiger partial charge in [0.15, 0.2) is 0 Å². The van der Waals surface area contributed by atoms with Crippen LogP contribution in [0.2, 0.25) is 0 Å². The molecule has 44 heavy (non-hydrogen) atoms. The summed E-state index contributed by atoms with van der Waals surface area (Å²) in [4.78, 5) is 44.3. The van der Waals surface area contributed by atoms with Gasteiger partial charge >= 0.3 is 0 Å². The minimum Gasteiger partial charge on any atom is -0.352 e. The number of hydrogen-bond donors (Lipinski definition) is 4. The fourth-order valence-corrected chi connectivity index (χ4v) is 5.10. The Hall–Kier alpha value is -5.06. The predicted octanol–water partition coefficient (Wildman–Crippen LogP) is 4.00.